The molecule has 0 amide bonds. The van der Waals surface area contributed by atoms with E-state index in [1.165, 1.54) is 12.1 Å². The lowest BCUT2D eigenvalue weighted by Gasteiger charge is -2.36. The number of ether oxygens (including phenoxy) is 1. The van der Waals surface area contributed by atoms with Crippen molar-refractivity contribution in [3.63, 3.8) is 0 Å². The quantitative estimate of drug-likeness (QED) is 0.907. The van der Waals surface area contributed by atoms with Crippen LogP contribution in [0.15, 0.2) is 24.3 Å². The van der Waals surface area contributed by atoms with Crippen LogP contribution in [0, 0.1) is 5.82 Å². The summed E-state index contributed by atoms with van der Waals surface area (Å²) in [7, 11) is 0. The van der Waals surface area contributed by atoms with Crippen molar-refractivity contribution in [2.45, 2.75) is 25.6 Å². The van der Waals surface area contributed by atoms with Crippen molar-refractivity contribution in [1.29, 1.82) is 0 Å². The molecule has 2 unspecified atom stereocenters. The molecule has 0 spiro atoms. The van der Waals surface area contributed by atoms with Gasteiger partial charge in [-0.05, 0) is 24.6 Å². The molecular formula is C14H18FNO3. The predicted octanol–water partition coefficient (Wildman–Crippen LogP) is 2.06. The van der Waals surface area contributed by atoms with E-state index in [0.717, 1.165) is 12.1 Å². The molecule has 1 aliphatic rings. The largest absolute Gasteiger partial charge is 0.481 e. The lowest BCUT2D eigenvalue weighted by molar-refractivity contribution is -0.138. The van der Waals surface area contributed by atoms with E-state index in [9.17, 15) is 9.18 Å². The van der Waals surface area contributed by atoms with E-state index in [1.54, 1.807) is 12.1 Å². The zero-order valence-electron chi connectivity index (χ0n) is 10.9. The van der Waals surface area contributed by atoms with Crippen molar-refractivity contribution in [3.05, 3.63) is 35.6 Å². The number of carboxylic acids is 1. The van der Waals surface area contributed by atoms with Gasteiger partial charge in [0.05, 0.1) is 18.6 Å². The maximum atomic E-state index is 12.9. The second-order valence-corrected chi connectivity index (χ2v) is 4.89. The molecule has 1 saturated heterocycles. The SMILES string of the molecule is CC1CN(CCC(=O)O)CC(c2ccc(F)cc2)O1. The predicted molar refractivity (Wildman–Crippen MR) is 68.4 cm³/mol. The van der Waals surface area contributed by atoms with Crippen molar-refractivity contribution < 1.29 is 19.0 Å². The third kappa shape index (κ3) is 4.01. The Hall–Kier alpha value is -1.46. The molecule has 4 nitrogen and oxygen atoms in total. The summed E-state index contributed by atoms with van der Waals surface area (Å²) in [6, 6.07) is 6.26. The molecule has 104 valence electrons. The van der Waals surface area contributed by atoms with Crippen LogP contribution in [-0.4, -0.2) is 41.7 Å². The van der Waals surface area contributed by atoms with E-state index < -0.39 is 5.97 Å². The van der Waals surface area contributed by atoms with Crippen LogP contribution in [0.4, 0.5) is 4.39 Å². The van der Waals surface area contributed by atoms with Crippen molar-refractivity contribution in [2.75, 3.05) is 19.6 Å². The third-order valence-electron chi connectivity index (χ3n) is 3.22. The molecule has 0 radical (unpaired) electrons. The molecule has 1 aromatic carbocycles. The van der Waals surface area contributed by atoms with Crippen LogP contribution in [-0.2, 0) is 9.53 Å². The van der Waals surface area contributed by atoms with Crippen molar-refractivity contribution in [3.8, 4) is 0 Å². The van der Waals surface area contributed by atoms with Crippen LogP contribution in [0.2, 0.25) is 0 Å². The van der Waals surface area contributed by atoms with Gasteiger partial charge in [0.1, 0.15) is 5.82 Å². The zero-order chi connectivity index (χ0) is 13.8. The number of aliphatic carboxylic acids is 1. The Kier molecular flexibility index (Phi) is 4.50. The first kappa shape index (κ1) is 14.0. The van der Waals surface area contributed by atoms with Gasteiger partial charge in [-0.25, -0.2) is 4.39 Å². The fourth-order valence-electron chi connectivity index (χ4n) is 2.34. The van der Waals surface area contributed by atoms with Gasteiger partial charge in [-0.3, -0.25) is 9.69 Å². The van der Waals surface area contributed by atoms with Crippen LogP contribution >= 0.6 is 0 Å². The van der Waals surface area contributed by atoms with Crippen LogP contribution < -0.4 is 0 Å². The molecule has 0 saturated carbocycles. The number of carbonyl (C=O) groups is 1. The molecule has 1 N–H and O–H groups in total. The van der Waals surface area contributed by atoms with Crippen LogP contribution in [0.25, 0.3) is 0 Å². The number of nitrogens with zero attached hydrogens (tertiary/aromatic N) is 1. The number of benzene rings is 1. The summed E-state index contributed by atoms with van der Waals surface area (Å²) in [6.45, 7) is 3.85. The number of carboxylic acid groups (broad SMARTS) is 1. The molecule has 0 aliphatic carbocycles. The number of morpholine rings is 1. The first-order valence-corrected chi connectivity index (χ1v) is 6.39. The number of halogens is 1. The molecule has 0 bridgehead atoms. The van der Waals surface area contributed by atoms with E-state index in [4.69, 9.17) is 9.84 Å². The topological polar surface area (TPSA) is 49.8 Å². The minimum Gasteiger partial charge on any atom is -0.481 e. The molecule has 1 heterocycles. The molecule has 1 aliphatic heterocycles. The average Bonchev–Trinajstić information content (AvgIpc) is 2.36. The number of hydrogen-bond donors (Lipinski definition) is 1. The van der Waals surface area contributed by atoms with Crippen molar-refractivity contribution in [2.24, 2.45) is 0 Å². The standard InChI is InChI=1S/C14H18FNO3/c1-10-8-16(7-6-14(17)18)9-13(19-10)11-2-4-12(15)5-3-11/h2-5,10,13H,6-9H2,1H3,(H,17,18). The highest BCUT2D eigenvalue weighted by atomic mass is 19.1. The maximum absolute atomic E-state index is 12.9. The summed E-state index contributed by atoms with van der Waals surface area (Å²) in [4.78, 5) is 12.7. The number of hydrogen-bond acceptors (Lipinski definition) is 3. The van der Waals surface area contributed by atoms with Gasteiger partial charge in [-0.15, -0.1) is 0 Å². The first-order valence-electron chi connectivity index (χ1n) is 6.39. The minimum absolute atomic E-state index is 0.0394. The zero-order valence-corrected chi connectivity index (χ0v) is 10.9. The van der Waals surface area contributed by atoms with Crippen LogP contribution in [0.5, 0.6) is 0 Å². The Labute approximate surface area is 111 Å². The fourth-order valence-corrected chi connectivity index (χ4v) is 2.34. The van der Waals surface area contributed by atoms with E-state index in [-0.39, 0.29) is 24.4 Å². The number of rotatable bonds is 4. The molecule has 5 heteroatoms. The van der Waals surface area contributed by atoms with Gasteiger partial charge in [-0.1, -0.05) is 12.1 Å². The molecule has 0 aromatic heterocycles. The Bertz CT molecular complexity index is 435. The summed E-state index contributed by atoms with van der Waals surface area (Å²) in [6.07, 6.45) is 0.0406. The van der Waals surface area contributed by atoms with E-state index in [1.807, 2.05) is 6.92 Å². The Morgan fingerprint density at radius 1 is 1.42 bits per heavy atom. The summed E-state index contributed by atoms with van der Waals surface area (Å²) < 4.78 is 18.7. The second kappa shape index (κ2) is 6.12. The Balaban J connectivity index is 2.00. The highest BCUT2D eigenvalue weighted by Crippen LogP contribution is 2.25. The first-order chi connectivity index (χ1) is 9.04. The van der Waals surface area contributed by atoms with Gasteiger partial charge in [0, 0.05) is 19.6 Å². The average molecular weight is 267 g/mol. The van der Waals surface area contributed by atoms with Gasteiger partial charge in [0.15, 0.2) is 0 Å². The van der Waals surface area contributed by atoms with Gasteiger partial charge in [-0.2, -0.15) is 0 Å². The van der Waals surface area contributed by atoms with Gasteiger partial charge in [0.25, 0.3) is 0 Å². The van der Waals surface area contributed by atoms with Crippen LogP contribution in [0.1, 0.15) is 25.0 Å². The highest BCUT2D eigenvalue weighted by Gasteiger charge is 2.26. The lowest BCUT2D eigenvalue weighted by Crippen LogP contribution is -2.43. The van der Waals surface area contributed by atoms with Crippen molar-refractivity contribution >= 4 is 5.97 Å². The van der Waals surface area contributed by atoms with E-state index in [0.29, 0.717) is 13.1 Å². The Morgan fingerprint density at radius 3 is 2.74 bits per heavy atom. The van der Waals surface area contributed by atoms with E-state index in [2.05, 4.69) is 4.90 Å². The van der Waals surface area contributed by atoms with E-state index >= 15 is 0 Å². The monoisotopic (exact) mass is 267 g/mol. The molecule has 19 heavy (non-hydrogen) atoms. The molecular weight excluding hydrogens is 249 g/mol. The summed E-state index contributed by atoms with van der Waals surface area (Å²) in [5, 5.41) is 8.72. The van der Waals surface area contributed by atoms with Gasteiger partial charge < -0.3 is 9.84 Å². The van der Waals surface area contributed by atoms with Gasteiger partial charge in [0.2, 0.25) is 0 Å². The highest BCUT2D eigenvalue weighted by molar-refractivity contribution is 5.66. The van der Waals surface area contributed by atoms with Gasteiger partial charge >= 0.3 is 5.97 Å². The summed E-state index contributed by atoms with van der Waals surface area (Å²) in [5.41, 5.74) is 0.924. The molecule has 1 fully saturated rings. The van der Waals surface area contributed by atoms with Crippen LogP contribution in [0.3, 0.4) is 0 Å². The minimum atomic E-state index is -0.794. The lowest BCUT2D eigenvalue weighted by atomic mass is 10.1. The van der Waals surface area contributed by atoms with Crippen molar-refractivity contribution in [1.82, 2.24) is 4.90 Å². The normalized spacial score (nSPS) is 24.3. The molecule has 2 rings (SSSR count). The molecule has 1 aromatic rings. The third-order valence-corrected chi connectivity index (χ3v) is 3.22. The Morgan fingerprint density at radius 2 is 2.11 bits per heavy atom. The molecule has 2 atom stereocenters. The fraction of sp³-hybridized carbons (Fsp3) is 0.500. The second-order valence-electron chi connectivity index (χ2n) is 4.89. The maximum Gasteiger partial charge on any atom is 0.304 e. The summed E-state index contributed by atoms with van der Waals surface area (Å²) >= 11 is 0. The summed E-state index contributed by atoms with van der Waals surface area (Å²) in [5.74, 6) is -1.06. The smallest absolute Gasteiger partial charge is 0.304 e.